The smallest absolute Gasteiger partial charge is 0.416 e. The Morgan fingerprint density at radius 3 is 2.65 bits per heavy atom. The molecule has 0 atom stereocenters. The molecule has 110 valence electrons. The molecule has 0 bridgehead atoms. The second-order valence-electron chi connectivity index (χ2n) is 3.87. The first-order chi connectivity index (χ1) is 9.25. The molecule has 20 heavy (non-hydrogen) atoms. The highest BCUT2D eigenvalue weighted by atomic mass is 79.9. The van der Waals surface area contributed by atoms with Gasteiger partial charge in [0.1, 0.15) is 0 Å². The standard InChI is InChI=1S/C13H13BrF3NO2/c1-3-20-12(19)8(2)7-18-11-6-9(13(15,16)17)4-5-10(11)14/h4-6,18H,2-3,7H2,1H3. The molecular weight excluding hydrogens is 339 g/mol. The number of carbonyl (C=O) groups excluding carboxylic acids is 1. The largest absolute Gasteiger partial charge is 0.463 e. The van der Waals surface area contributed by atoms with Crippen molar-refractivity contribution in [2.24, 2.45) is 0 Å². The van der Waals surface area contributed by atoms with Gasteiger partial charge in [0.15, 0.2) is 0 Å². The number of hydrogen-bond acceptors (Lipinski definition) is 3. The maximum Gasteiger partial charge on any atom is 0.416 e. The SMILES string of the molecule is C=C(CNc1cc(C(F)(F)F)ccc1Br)C(=O)OCC. The molecule has 0 amide bonds. The molecule has 0 heterocycles. The van der Waals surface area contributed by atoms with E-state index in [2.05, 4.69) is 27.8 Å². The van der Waals surface area contributed by atoms with E-state index in [1.807, 2.05) is 0 Å². The van der Waals surface area contributed by atoms with E-state index in [1.165, 1.54) is 6.07 Å². The Hall–Kier alpha value is -1.50. The van der Waals surface area contributed by atoms with E-state index in [1.54, 1.807) is 6.92 Å². The van der Waals surface area contributed by atoms with Crippen LogP contribution in [-0.2, 0) is 15.7 Å². The zero-order valence-corrected chi connectivity index (χ0v) is 12.3. The van der Waals surface area contributed by atoms with E-state index < -0.39 is 17.7 Å². The second-order valence-corrected chi connectivity index (χ2v) is 4.72. The molecule has 0 saturated heterocycles. The van der Waals surface area contributed by atoms with Crippen molar-refractivity contribution in [1.29, 1.82) is 0 Å². The monoisotopic (exact) mass is 351 g/mol. The second kappa shape index (κ2) is 6.78. The van der Waals surface area contributed by atoms with E-state index in [4.69, 9.17) is 4.74 Å². The number of rotatable bonds is 5. The average molecular weight is 352 g/mol. The summed E-state index contributed by atoms with van der Waals surface area (Å²) < 4.78 is 43.0. The van der Waals surface area contributed by atoms with Crippen LogP contribution in [0, 0.1) is 0 Å². The lowest BCUT2D eigenvalue weighted by Crippen LogP contribution is -2.15. The predicted molar refractivity (Wildman–Crippen MR) is 73.4 cm³/mol. The zero-order chi connectivity index (χ0) is 15.3. The third-order valence-corrected chi connectivity index (χ3v) is 3.04. The van der Waals surface area contributed by atoms with Gasteiger partial charge in [-0.2, -0.15) is 13.2 Å². The van der Waals surface area contributed by atoms with Crippen LogP contribution in [0.25, 0.3) is 0 Å². The number of esters is 1. The van der Waals surface area contributed by atoms with Crippen molar-refractivity contribution < 1.29 is 22.7 Å². The van der Waals surface area contributed by atoms with Gasteiger partial charge in [-0.15, -0.1) is 0 Å². The fourth-order valence-electron chi connectivity index (χ4n) is 1.34. The number of anilines is 1. The fraction of sp³-hybridized carbons (Fsp3) is 0.308. The topological polar surface area (TPSA) is 38.3 Å². The first kappa shape index (κ1) is 16.6. The Morgan fingerprint density at radius 1 is 1.45 bits per heavy atom. The third-order valence-electron chi connectivity index (χ3n) is 2.35. The summed E-state index contributed by atoms with van der Waals surface area (Å²) in [6.45, 7) is 5.38. The van der Waals surface area contributed by atoms with Crippen LogP contribution in [0.4, 0.5) is 18.9 Å². The molecule has 1 rings (SSSR count). The lowest BCUT2D eigenvalue weighted by molar-refractivity contribution is -0.139. The van der Waals surface area contributed by atoms with Crippen LogP contribution in [-0.4, -0.2) is 19.1 Å². The van der Waals surface area contributed by atoms with Crippen LogP contribution in [0.5, 0.6) is 0 Å². The number of hydrogen-bond donors (Lipinski definition) is 1. The summed E-state index contributed by atoms with van der Waals surface area (Å²) in [5.41, 5.74) is -0.411. The Morgan fingerprint density at radius 2 is 2.10 bits per heavy atom. The van der Waals surface area contributed by atoms with Crippen LogP contribution in [0.15, 0.2) is 34.8 Å². The van der Waals surface area contributed by atoms with Gasteiger partial charge in [-0.25, -0.2) is 4.79 Å². The molecule has 0 unspecified atom stereocenters. The third kappa shape index (κ3) is 4.56. The van der Waals surface area contributed by atoms with Gasteiger partial charge in [0.2, 0.25) is 0 Å². The minimum atomic E-state index is -4.42. The van der Waals surface area contributed by atoms with Crippen LogP contribution in [0.1, 0.15) is 12.5 Å². The predicted octanol–water partition coefficient (Wildman–Crippen LogP) is 4.00. The van der Waals surface area contributed by atoms with Crippen molar-refractivity contribution in [2.75, 3.05) is 18.5 Å². The number of carbonyl (C=O) groups is 1. The van der Waals surface area contributed by atoms with Crippen molar-refractivity contribution >= 4 is 27.6 Å². The minimum absolute atomic E-state index is 0.00125. The Balaban J connectivity index is 2.78. The molecular formula is C13H13BrF3NO2. The average Bonchev–Trinajstić information content (AvgIpc) is 2.36. The van der Waals surface area contributed by atoms with Crippen molar-refractivity contribution in [1.82, 2.24) is 0 Å². The minimum Gasteiger partial charge on any atom is -0.463 e. The molecule has 0 fully saturated rings. The number of alkyl halides is 3. The Labute approximate surface area is 122 Å². The van der Waals surface area contributed by atoms with Crippen LogP contribution < -0.4 is 5.32 Å². The van der Waals surface area contributed by atoms with Crippen molar-refractivity contribution in [2.45, 2.75) is 13.1 Å². The Bertz CT molecular complexity index is 515. The van der Waals surface area contributed by atoms with Gasteiger partial charge in [0, 0.05) is 22.3 Å². The van der Waals surface area contributed by atoms with Crippen molar-refractivity contribution in [3.05, 3.63) is 40.4 Å². The van der Waals surface area contributed by atoms with Gasteiger partial charge in [0.25, 0.3) is 0 Å². The zero-order valence-electron chi connectivity index (χ0n) is 10.7. The fourth-order valence-corrected chi connectivity index (χ4v) is 1.73. The molecule has 0 aromatic heterocycles. The lowest BCUT2D eigenvalue weighted by atomic mass is 10.2. The van der Waals surface area contributed by atoms with Gasteiger partial charge >= 0.3 is 12.1 Å². The molecule has 0 saturated carbocycles. The molecule has 7 heteroatoms. The summed E-state index contributed by atoms with van der Waals surface area (Å²) in [6.07, 6.45) is -4.42. The van der Waals surface area contributed by atoms with Crippen LogP contribution >= 0.6 is 15.9 Å². The first-order valence-electron chi connectivity index (χ1n) is 5.71. The van der Waals surface area contributed by atoms with E-state index in [-0.39, 0.29) is 24.4 Å². The number of ether oxygens (including phenoxy) is 1. The maximum absolute atomic E-state index is 12.6. The van der Waals surface area contributed by atoms with Gasteiger partial charge in [-0.1, -0.05) is 6.58 Å². The molecule has 1 aromatic rings. The number of benzene rings is 1. The van der Waals surface area contributed by atoms with E-state index in [0.717, 1.165) is 12.1 Å². The molecule has 0 aliphatic carbocycles. The van der Waals surface area contributed by atoms with Gasteiger partial charge < -0.3 is 10.1 Å². The normalized spacial score (nSPS) is 11.1. The van der Waals surface area contributed by atoms with Gasteiger partial charge in [-0.3, -0.25) is 0 Å². The summed E-state index contributed by atoms with van der Waals surface area (Å²) in [7, 11) is 0. The summed E-state index contributed by atoms with van der Waals surface area (Å²) in [5.74, 6) is -0.580. The molecule has 1 aromatic carbocycles. The summed E-state index contributed by atoms with van der Waals surface area (Å²) in [6, 6.07) is 3.22. The molecule has 1 N–H and O–H groups in total. The molecule has 0 spiro atoms. The Kier molecular flexibility index (Phi) is 5.62. The van der Waals surface area contributed by atoms with Crippen molar-refractivity contribution in [3.8, 4) is 0 Å². The summed E-state index contributed by atoms with van der Waals surface area (Å²) in [4.78, 5) is 11.3. The molecule has 0 aliphatic rings. The molecule has 0 aliphatic heterocycles. The highest BCUT2D eigenvalue weighted by molar-refractivity contribution is 9.10. The van der Waals surface area contributed by atoms with E-state index >= 15 is 0 Å². The van der Waals surface area contributed by atoms with Crippen LogP contribution in [0.2, 0.25) is 0 Å². The number of nitrogens with one attached hydrogen (secondary N) is 1. The van der Waals surface area contributed by atoms with E-state index in [9.17, 15) is 18.0 Å². The summed E-state index contributed by atoms with van der Waals surface area (Å²) >= 11 is 3.14. The van der Waals surface area contributed by atoms with Gasteiger partial charge in [-0.05, 0) is 41.1 Å². The van der Waals surface area contributed by atoms with Gasteiger partial charge in [0.05, 0.1) is 12.2 Å². The lowest BCUT2D eigenvalue weighted by Gasteiger charge is -2.13. The first-order valence-corrected chi connectivity index (χ1v) is 6.50. The molecule has 3 nitrogen and oxygen atoms in total. The number of halogens is 4. The quantitative estimate of drug-likeness (QED) is 0.643. The summed E-state index contributed by atoms with van der Waals surface area (Å²) in [5, 5.41) is 2.72. The van der Waals surface area contributed by atoms with E-state index in [0.29, 0.717) is 4.47 Å². The maximum atomic E-state index is 12.6. The molecule has 0 radical (unpaired) electrons. The highest BCUT2D eigenvalue weighted by Crippen LogP contribution is 2.33. The highest BCUT2D eigenvalue weighted by Gasteiger charge is 2.30. The van der Waals surface area contributed by atoms with Crippen LogP contribution in [0.3, 0.4) is 0 Å². The van der Waals surface area contributed by atoms with Crippen molar-refractivity contribution in [3.63, 3.8) is 0 Å².